The standard InChI is InChI=1S/C14H27BFN2O3P/c1-9(2)18(10(3)4)22(19-8-6-7-17)21-13-11(5)20-14(15)12(13)16/h9-14H,6,8,15H2,1-5H3/t11-,12?,13+,14-,22?/m1/s1/i5D. The van der Waals surface area contributed by atoms with E-state index in [0.717, 1.165) is 0 Å². The SMILES string of the molecule is [2H]C[C@H]1O[C@@H](B)C(F)[C@H]1OP(OCCC#N)N(C(C)C)C(C)C. The molecule has 8 heteroatoms. The van der Waals surface area contributed by atoms with Crippen molar-refractivity contribution < 1.29 is 19.5 Å². The van der Waals surface area contributed by atoms with Gasteiger partial charge < -0.3 is 13.8 Å². The first kappa shape index (κ1) is 18.1. The normalized spacial score (nSPS) is 30.8. The van der Waals surface area contributed by atoms with Gasteiger partial charge in [-0.25, -0.2) is 9.06 Å². The maximum absolute atomic E-state index is 14.4. The second kappa shape index (κ2) is 9.15. The average molecular weight is 333 g/mol. The molecule has 0 aromatic carbocycles. The highest BCUT2D eigenvalue weighted by molar-refractivity contribution is 7.44. The van der Waals surface area contributed by atoms with Gasteiger partial charge in [0, 0.05) is 13.5 Å². The lowest BCUT2D eigenvalue weighted by Crippen LogP contribution is -2.37. The van der Waals surface area contributed by atoms with Gasteiger partial charge in [0.1, 0.15) is 20.1 Å². The van der Waals surface area contributed by atoms with E-state index in [4.69, 9.17) is 20.4 Å². The Morgan fingerprint density at radius 1 is 1.45 bits per heavy atom. The van der Waals surface area contributed by atoms with Crippen LogP contribution in [0.4, 0.5) is 4.39 Å². The van der Waals surface area contributed by atoms with Crippen LogP contribution >= 0.6 is 8.53 Å². The Labute approximate surface area is 136 Å². The molecular weight excluding hydrogens is 305 g/mol. The minimum Gasteiger partial charge on any atom is -0.378 e. The molecule has 1 saturated heterocycles. The van der Waals surface area contributed by atoms with Crippen molar-refractivity contribution >= 4 is 16.4 Å². The summed E-state index contributed by atoms with van der Waals surface area (Å²) in [6.45, 7) is 8.28. The third kappa shape index (κ3) is 5.14. The fraction of sp³-hybridized carbons (Fsp3) is 0.929. The molecule has 2 unspecified atom stereocenters. The van der Waals surface area contributed by atoms with Crippen LogP contribution in [0.15, 0.2) is 0 Å². The van der Waals surface area contributed by atoms with Gasteiger partial charge in [-0.2, -0.15) is 5.26 Å². The molecule has 1 rings (SSSR count). The summed E-state index contributed by atoms with van der Waals surface area (Å²) in [7, 11) is 0.126. The van der Waals surface area contributed by atoms with Crippen molar-refractivity contribution in [3.05, 3.63) is 0 Å². The fourth-order valence-electron chi connectivity index (χ4n) is 2.42. The summed E-state index contributed by atoms with van der Waals surface area (Å²) >= 11 is 0. The van der Waals surface area contributed by atoms with Crippen LogP contribution in [0.2, 0.25) is 0 Å². The van der Waals surface area contributed by atoms with Crippen molar-refractivity contribution in [3.63, 3.8) is 0 Å². The van der Waals surface area contributed by atoms with Crippen LogP contribution in [-0.4, -0.2) is 55.6 Å². The van der Waals surface area contributed by atoms with Crippen molar-refractivity contribution in [2.45, 2.75) is 77.5 Å². The molecule has 126 valence electrons. The maximum atomic E-state index is 14.4. The van der Waals surface area contributed by atoms with E-state index in [0.29, 0.717) is 0 Å². The molecule has 0 spiro atoms. The molecule has 1 fully saturated rings. The number of hydrogen-bond donors (Lipinski definition) is 0. The fourth-order valence-corrected chi connectivity index (χ4v) is 4.19. The molecule has 5 nitrogen and oxygen atoms in total. The Morgan fingerprint density at radius 2 is 2.09 bits per heavy atom. The van der Waals surface area contributed by atoms with E-state index in [-0.39, 0.29) is 32.0 Å². The molecular formula is C14H27BFN2O3P. The third-order valence-corrected chi connectivity index (χ3v) is 5.52. The first-order chi connectivity index (χ1) is 10.8. The molecule has 0 amide bonds. The Hall–Kier alpha value is -0.245. The molecule has 0 aromatic rings. The Bertz CT molecular complexity index is 395. The minimum absolute atomic E-state index is 0.0554. The van der Waals surface area contributed by atoms with E-state index in [2.05, 4.69) is 0 Å². The van der Waals surface area contributed by atoms with Crippen LogP contribution in [0.1, 0.15) is 42.4 Å². The number of hydrogen-bond acceptors (Lipinski definition) is 5. The minimum atomic E-state index is -1.52. The molecule has 0 aromatic heterocycles. The largest absolute Gasteiger partial charge is 0.378 e. The zero-order valence-corrected chi connectivity index (χ0v) is 14.9. The zero-order valence-electron chi connectivity index (χ0n) is 15.0. The second-order valence-electron chi connectivity index (χ2n) is 5.94. The van der Waals surface area contributed by atoms with Crippen LogP contribution in [0.3, 0.4) is 0 Å². The van der Waals surface area contributed by atoms with Crippen LogP contribution < -0.4 is 0 Å². The first-order valence-corrected chi connectivity index (χ1v) is 8.80. The predicted octanol–water partition coefficient (Wildman–Crippen LogP) is 2.36. The molecule has 5 atom stereocenters. The van der Waals surface area contributed by atoms with Gasteiger partial charge in [-0.3, -0.25) is 0 Å². The summed E-state index contributed by atoms with van der Waals surface area (Å²) in [5.74, 6) is 0. The summed E-state index contributed by atoms with van der Waals surface area (Å²) < 4.78 is 41.2. The molecule has 1 aliphatic rings. The summed E-state index contributed by atoms with van der Waals surface area (Å²) in [6.07, 6.45) is -2.43. The van der Waals surface area contributed by atoms with Gasteiger partial charge in [-0.1, -0.05) is 0 Å². The van der Waals surface area contributed by atoms with E-state index in [1.165, 1.54) is 0 Å². The Balaban J connectivity index is 2.88. The number of rotatable bonds is 8. The molecule has 0 aliphatic carbocycles. The topological polar surface area (TPSA) is 54.7 Å². The monoisotopic (exact) mass is 333 g/mol. The molecule has 22 heavy (non-hydrogen) atoms. The van der Waals surface area contributed by atoms with E-state index in [1.54, 1.807) is 7.85 Å². The van der Waals surface area contributed by atoms with Crippen molar-refractivity contribution in [2.24, 2.45) is 0 Å². The van der Waals surface area contributed by atoms with Crippen molar-refractivity contribution in [3.8, 4) is 6.07 Å². The van der Waals surface area contributed by atoms with Gasteiger partial charge in [0.2, 0.25) is 0 Å². The highest BCUT2D eigenvalue weighted by Gasteiger charge is 2.44. The molecule has 0 bridgehead atoms. The number of nitrogens with zero attached hydrogens (tertiary/aromatic N) is 2. The highest BCUT2D eigenvalue weighted by atomic mass is 31.2. The predicted molar refractivity (Wildman–Crippen MR) is 87.9 cm³/mol. The van der Waals surface area contributed by atoms with E-state index in [9.17, 15) is 4.39 Å². The van der Waals surface area contributed by atoms with Gasteiger partial charge in [0.05, 0.1) is 31.2 Å². The first-order valence-electron chi connectivity index (χ1n) is 8.37. The number of ether oxygens (including phenoxy) is 1. The summed E-state index contributed by atoms with van der Waals surface area (Å²) in [6, 6.07) is 1.74. The molecule has 1 aliphatic heterocycles. The van der Waals surface area contributed by atoms with Crippen LogP contribution in [0.25, 0.3) is 0 Å². The van der Waals surface area contributed by atoms with E-state index < -0.39 is 32.9 Å². The van der Waals surface area contributed by atoms with Gasteiger partial charge in [0.25, 0.3) is 8.53 Å². The quantitative estimate of drug-likeness (QED) is 0.388. The van der Waals surface area contributed by atoms with Gasteiger partial charge in [-0.05, 0) is 34.6 Å². The zero-order chi connectivity index (χ0) is 17.6. The number of halogens is 1. The van der Waals surface area contributed by atoms with Crippen LogP contribution in [-0.2, 0) is 13.8 Å². The third-order valence-electron chi connectivity index (χ3n) is 3.39. The van der Waals surface area contributed by atoms with E-state index in [1.807, 2.05) is 38.4 Å². The summed E-state index contributed by atoms with van der Waals surface area (Å²) in [5, 5.41) is 8.70. The number of alkyl halides is 1. The number of nitriles is 1. The molecule has 0 N–H and O–H groups in total. The summed E-state index contributed by atoms with van der Waals surface area (Å²) in [4.78, 5) is 0. The smallest absolute Gasteiger partial charge is 0.259 e. The van der Waals surface area contributed by atoms with Gasteiger partial charge in [0.15, 0.2) is 0 Å². The lowest BCUT2D eigenvalue weighted by molar-refractivity contribution is 0.0433. The molecule has 1 heterocycles. The Morgan fingerprint density at radius 3 is 2.59 bits per heavy atom. The maximum Gasteiger partial charge on any atom is 0.259 e. The van der Waals surface area contributed by atoms with Crippen molar-refractivity contribution in [1.29, 1.82) is 5.26 Å². The second-order valence-corrected chi connectivity index (χ2v) is 7.35. The van der Waals surface area contributed by atoms with E-state index >= 15 is 0 Å². The lowest BCUT2D eigenvalue weighted by atomic mass is 9.94. The van der Waals surface area contributed by atoms with Gasteiger partial charge >= 0.3 is 0 Å². The lowest BCUT2D eigenvalue weighted by Gasteiger charge is -2.37. The average Bonchev–Trinajstić information content (AvgIpc) is 2.74. The molecule has 0 radical (unpaired) electrons. The van der Waals surface area contributed by atoms with Crippen LogP contribution in [0.5, 0.6) is 0 Å². The Kier molecular flexibility index (Phi) is 7.53. The van der Waals surface area contributed by atoms with Crippen molar-refractivity contribution in [2.75, 3.05) is 6.61 Å². The van der Waals surface area contributed by atoms with Crippen molar-refractivity contribution in [1.82, 2.24) is 4.67 Å². The van der Waals surface area contributed by atoms with Crippen LogP contribution in [0, 0.1) is 11.3 Å². The highest BCUT2D eigenvalue weighted by Crippen LogP contribution is 2.49. The van der Waals surface area contributed by atoms with Gasteiger partial charge in [-0.15, -0.1) is 0 Å². The molecule has 0 saturated carbocycles. The summed E-state index contributed by atoms with van der Waals surface area (Å²) in [5.41, 5.74) is 0.